The van der Waals surface area contributed by atoms with Gasteiger partial charge >= 0.3 is 6.03 Å². The standard InChI is InChI=1S/C17H26N2O3S/c1-12(2)13(3)19(15-7-8-15)17(20)18-11-14-5-9-16(10-6-14)23(4,21)22/h5-6,9-10,12-13,15H,7-8,11H2,1-4H3,(H,18,20)/t13-/m0/s1. The van der Waals surface area contributed by atoms with Crippen LogP contribution in [0.4, 0.5) is 4.79 Å². The van der Waals surface area contributed by atoms with Crippen molar-refractivity contribution >= 4 is 15.9 Å². The van der Waals surface area contributed by atoms with Crippen LogP contribution in [0, 0.1) is 5.92 Å². The van der Waals surface area contributed by atoms with Gasteiger partial charge in [0, 0.05) is 24.9 Å². The molecule has 23 heavy (non-hydrogen) atoms. The molecule has 2 amide bonds. The van der Waals surface area contributed by atoms with E-state index in [1.54, 1.807) is 24.3 Å². The zero-order valence-electron chi connectivity index (χ0n) is 14.2. The third-order valence-corrected chi connectivity index (χ3v) is 5.50. The monoisotopic (exact) mass is 338 g/mol. The first-order chi connectivity index (χ1) is 10.7. The Morgan fingerprint density at radius 2 is 1.78 bits per heavy atom. The molecule has 0 radical (unpaired) electrons. The van der Waals surface area contributed by atoms with E-state index in [9.17, 15) is 13.2 Å². The molecule has 1 atom stereocenters. The van der Waals surface area contributed by atoms with E-state index in [2.05, 4.69) is 26.1 Å². The molecule has 128 valence electrons. The van der Waals surface area contributed by atoms with E-state index < -0.39 is 9.84 Å². The van der Waals surface area contributed by atoms with Crippen molar-refractivity contribution in [2.24, 2.45) is 5.92 Å². The average molecular weight is 338 g/mol. The van der Waals surface area contributed by atoms with Crippen LogP contribution in [0.1, 0.15) is 39.2 Å². The molecule has 5 nitrogen and oxygen atoms in total. The maximum absolute atomic E-state index is 12.5. The van der Waals surface area contributed by atoms with Crippen LogP contribution in [0.25, 0.3) is 0 Å². The molecule has 0 heterocycles. The Bertz CT molecular complexity index is 649. The van der Waals surface area contributed by atoms with Crippen LogP contribution in [0.15, 0.2) is 29.2 Å². The first kappa shape index (κ1) is 17.8. The molecule has 1 fully saturated rings. The summed E-state index contributed by atoms with van der Waals surface area (Å²) in [7, 11) is -3.18. The Balaban J connectivity index is 1.97. The number of nitrogens with zero attached hydrogens (tertiary/aromatic N) is 1. The highest BCUT2D eigenvalue weighted by Gasteiger charge is 2.36. The minimum atomic E-state index is -3.18. The van der Waals surface area contributed by atoms with Gasteiger partial charge in [-0.25, -0.2) is 13.2 Å². The van der Waals surface area contributed by atoms with Gasteiger partial charge in [-0.2, -0.15) is 0 Å². The second-order valence-electron chi connectivity index (χ2n) is 6.70. The molecule has 1 saturated carbocycles. The number of amides is 2. The van der Waals surface area contributed by atoms with Crippen LogP contribution in [-0.2, 0) is 16.4 Å². The normalized spacial score (nSPS) is 16.2. The highest BCUT2D eigenvalue weighted by molar-refractivity contribution is 7.90. The van der Waals surface area contributed by atoms with E-state index in [1.807, 2.05) is 4.90 Å². The molecule has 1 aliphatic rings. The van der Waals surface area contributed by atoms with Crippen molar-refractivity contribution in [2.75, 3.05) is 6.26 Å². The van der Waals surface area contributed by atoms with E-state index in [1.165, 1.54) is 6.26 Å². The SMILES string of the molecule is CC(C)[C@H](C)N(C(=O)NCc1ccc(S(C)(=O)=O)cc1)C1CC1. The zero-order chi connectivity index (χ0) is 17.2. The summed E-state index contributed by atoms with van der Waals surface area (Å²) < 4.78 is 22.9. The van der Waals surface area contributed by atoms with E-state index in [0.29, 0.717) is 23.4 Å². The predicted molar refractivity (Wildman–Crippen MR) is 90.9 cm³/mol. The smallest absolute Gasteiger partial charge is 0.318 e. The van der Waals surface area contributed by atoms with Gasteiger partial charge in [0.25, 0.3) is 0 Å². The molecule has 0 aromatic heterocycles. The Hall–Kier alpha value is -1.56. The lowest BCUT2D eigenvalue weighted by Crippen LogP contribution is -2.48. The summed E-state index contributed by atoms with van der Waals surface area (Å²) in [6.07, 6.45) is 3.34. The third-order valence-electron chi connectivity index (χ3n) is 4.37. The Morgan fingerprint density at radius 3 is 2.22 bits per heavy atom. The molecule has 0 bridgehead atoms. The van der Waals surface area contributed by atoms with E-state index in [4.69, 9.17) is 0 Å². The second-order valence-corrected chi connectivity index (χ2v) is 8.71. The highest BCUT2D eigenvalue weighted by atomic mass is 32.2. The van der Waals surface area contributed by atoms with Gasteiger partial charge in [0.2, 0.25) is 0 Å². The third kappa shape index (κ3) is 4.70. The summed E-state index contributed by atoms with van der Waals surface area (Å²) in [5.41, 5.74) is 0.888. The number of hydrogen-bond acceptors (Lipinski definition) is 3. The molecular weight excluding hydrogens is 312 g/mol. The van der Waals surface area contributed by atoms with Crippen molar-refractivity contribution in [3.63, 3.8) is 0 Å². The predicted octanol–water partition coefficient (Wildman–Crippen LogP) is 2.81. The number of nitrogens with one attached hydrogen (secondary N) is 1. The van der Waals surface area contributed by atoms with Crippen LogP contribution in [0.5, 0.6) is 0 Å². The summed E-state index contributed by atoms with van der Waals surface area (Å²) in [4.78, 5) is 14.7. The minimum absolute atomic E-state index is 0.0408. The molecule has 1 aromatic rings. The van der Waals surface area contributed by atoms with Gasteiger partial charge in [0.15, 0.2) is 9.84 Å². The van der Waals surface area contributed by atoms with Gasteiger partial charge in [-0.05, 0) is 43.4 Å². The van der Waals surface area contributed by atoms with Gasteiger partial charge in [0.05, 0.1) is 4.90 Å². The van der Waals surface area contributed by atoms with Gasteiger partial charge in [-0.15, -0.1) is 0 Å². The molecule has 6 heteroatoms. The average Bonchev–Trinajstić information content (AvgIpc) is 3.29. The number of carbonyl (C=O) groups excluding carboxylic acids is 1. The van der Waals surface area contributed by atoms with Crippen LogP contribution in [-0.4, -0.2) is 37.7 Å². The van der Waals surface area contributed by atoms with Crippen LogP contribution in [0.3, 0.4) is 0 Å². The van der Waals surface area contributed by atoms with Crippen LogP contribution >= 0.6 is 0 Å². The summed E-state index contributed by atoms with van der Waals surface area (Å²) in [6.45, 7) is 6.73. The van der Waals surface area contributed by atoms with Crippen molar-refractivity contribution in [3.8, 4) is 0 Å². The van der Waals surface area contributed by atoms with E-state index in [0.717, 1.165) is 18.4 Å². The van der Waals surface area contributed by atoms with Crippen molar-refractivity contribution in [1.82, 2.24) is 10.2 Å². The van der Waals surface area contributed by atoms with E-state index >= 15 is 0 Å². The van der Waals surface area contributed by atoms with Crippen molar-refractivity contribution in [1.29, 1.82) is 0 Å². The lowest BCUT2D eigenvalue weighted by atomic mass is 10.0. The minimum Gasteiger partial charge on any atom is -0.334 e. The zero-order valence-corrected chi connectivity index (χ0v) is 15.1. The number of carbonyl (C=O) groups is 1. The Kier molecular flexibility index (Phi) is 5.34. The van der Waals surface area contributed by atoms with Crippen LogP contribution < -0.4 is 5.32 Å². The molecule has 0 spiro atoms. The molecule has 0 aliphatic heterocycles. The van der Waals surface area contributed by atoms with Gasteiger partial charge in [-0.3, -0.25) is 0 Å². The Labute approximate surface area is 139 Å². The lowest BCUT2D eigenvalue weighted by Gasteiger charge is -2.32. The molecule has 1 N–H and O–H groups in total. The second kappa shape index (κ2) is 6.91. The fourth-order valence-corrected chi connectivity index (χ4v) is 3.11. The van der Waals surface area contributed by atoms with Crippen molar-refractivity contribution in [2.45, 2.75) is 57.1 Å². The maximum Gasteiger partial charge on any atom is 0.318 e. The lowest BCUT2D eigenvalue weighted by molar-refractivity contribution is 0.156. The van der Waals surface area contributed by atoms with Crippen molar-refractivity contribution in [3.05, 3.63) is 29.8 Å². The largest absolute Gasteiger partial charge is 0.334 e. The van der Waals surface area contributed by atoms with Crippen LogP contribution in [0.2, 0.25) is 0 Å². The summed E-state index contributed by atoms with van der Waals surface area (Å²) in [5, 5.41) is 2.95. The maximum atomic E-state index is 12.5. The fourth-order valence-electron chi connectivity index (χ4n) is 2.48. The quantitative estimate of drug-likeness (QED) is 0.867. The fraction of sp³-hybridized carbons (Fsp3) is 0.588. The number of benzene rings is 1. The number of rotatable bonds is 6. The Morgan fingerprint density at radius 1 is 1.22 bits per heavy atom. The molecule has 0 saturated heterocycles. The summed E-state index contributed by atoms with van der Waals surface area (Å²) >= 11 is 0. The molecular formula is C17H26N2O3S. The topological polar surface area (TPSA) is 66.5 Å². The van der Waals surface area contributed by atoms with Crippen molar-refractivity contribution < 1.29 is 13.2 Å². The first-order valence-corrected chi connectivity index (χ1v) is 9.94. The highest BCUT2D eigenvalue weighted by Crippen LogP contribution is 2.30. The summed E-state index contributed by atoms with van der Waals surface area (Å²) in [5.74, 6) is 0.412. The molecule has 1 aromatic carbocycles. The number of urea groups is 1. The summed E-state index contributed by atoms with van der Waals surface area (Å²) in [6, 6.07) is 7.16. The number of sulfone groups is 1. The first-order valence-electron chi connectivity index (χ1n) is 8.05. The molecule has 0 unspecified atom stereocenters. The van der Waals surface area contributed by atoms with Gasteiger partial charge < -0.3 is 10.2 Å². The van der Waals surface area contributed by atoms with Gasteiger partial charge in [-0.1, -0.05) is 26.0 Å². The number of hydrogen-bond donors (Lipinski definition) is 1. The molecule has 2 rings (SSSR count). The molecule has 1 aliphatic carbocycles. The van der Waals surface area contributed by atoms with E-state index in [-0.39, 0.29) is 12.1 Å². The van der Waals surface area contributed by atoms with Gasteiger partial charge in [0.1, 0.15) is 0 Å².